The smallest absolute Gasteiger partial charge is 0.339 e. The van der Waals surface area contributed by atoms with Crippen LogP contribution in [-0.4, -0.2) is 58.2 Å². The highest BCUT2D eigenvalue weighted by atomic mass is 16.7. The molecule has 11 heteroatoms. The minimum absolute atomic E-state index is 0.0465. The number of methoxy groups -OCH3 is 1. The highest BCUT2D eigenvalue weighted by molar-refractivity contribution is 6.01. The number of nitro groups is 1. The summed E-state index contributed by atoms with van der Waals surface area (Å²) in [5.74, 6) is -0.336. The first-order valence-corrected chi connectivity index (χ1v) is 11.5. The molecule has 0 spiro atoms. The molecule has 37 heavy (non-hydrogen) atoms. The summed E-state index contributed by atoms with van der Waals surface area (Å²) < 4.78 is 22.5. The summed E-state index contributed by atoms with van der Waals surface area (Å²) in [6.45, 7) is 5.05. The van der Waals surface area contributed by atoms with Crippen LogP contribution >= 0.6 is 0 Å². The van der Waals surface area contributed by atoms with Crippen molar-refractivity contribution in [1.29, 1.82) is 0 Å². The molecule has 1 aliphatic heterocycles. The number of nitrogens with zero attached hydrogens (tertiary/aromatic N) is 1. The number of para-hydroxylation sites is 1. The van der Waals surface area contributed by atoms with Crippen LogP contribution in [-0.2, 0) is 15.9 Å². The molecule has 0 unspecified atom stereocenters. The van der Waals surface area contributed by atoms with E-state index < -0.39 is 46.5 Å². The summed E-state index contributed by atoms with van der Waals surface area (Å²) in [4.78, 5) is 36.1. The van der Waals surface area contributed by atoms with Gasteiger partial charge < -0.3 is 28.8 Å². The van der Waals surface area contributed by atoms with E-state index in [0.717, 1.165) is 0 Å². The van der Waals surface area contributed by atoms with Crippen LogP contribution < -0.4 is 10.4 Å². The Kier molecular flexibility index (Phi) is 7.16. The molecule has 0 aliphatic carbocycles. The third-order valence-corrected chi connectivity index (χ3v) is 6.47. The lowest BCUT2D eigenvalue weighted by molar-refractivity contribution is -0.385. The van der Waals surface area contributed by atoms with Crippen molar-refractivity contribution < 1.29 is 38.6 Å². The largest absolute Gasteiger partial charge is 0.462 e. The van der Waals surface area contributed by atoms with Gasteiger partial charge in [0.2, 0.25) is 6.29 Å². The Morgan fingerprint density at radius 3 is 2.54 bits per heavy atom. The molecule has 4 atom stereocenters. The number of fused-ring (bicyclic) bond motifs is 1. The van der Waals surface area contributed by atoms with Crippen LogP contribution in [0.3, 0.4) is 0 Å². The van der Waals surface area contributed by atoms with Gasteiger partial charge in [-0.05, 0) is 45.0 Å². The second-order valence-electron chi connectivity index (χ2n) is 9.39. The fraction of sp³-hybridized carbons (Fsp3) is 0.385. The third kappa shape index (κ3) is 4.98. The first kappa shape index (κ1) is 26.4. The molecule has 2 aromatic carbocycles. The van der Waals surface area contributed by atoms with Crippen molar-refractivity contribution >= 4 is 22.4 Å². The SMILES string of the molecule is CO[C@@H]1[C@@H](O)[C@@H](O)[C@H](Oc2ccc3cc(CC(=O)c4ccccc4[N+](=O)[O-])c(=O)oc3c2C)OC1(C)C. The number of aliphatic hydroxyl groups excluding tert-OH is 2. The monoisotopic (exact) mass is 513 g/mol. The van der Waals surface area contributed by atoms with Crippen LogP contribution in [0.2, 0.25) is 0 Å². The Morgan fingerprint density at radius 2 is 1.86 bits per heavy atom. The fourth-order valence-electron chi connectivity index (χ4n) is 4.57. The molecule has 1 aliphatic rings. The van der Waals surface area contributed by atoms with E-state index in [9.17, 15) is 29.9 Å². The first-order chi connectivity index (χ1) is 17.4. The normalized spacial score (nSPS) is 23.1. The van der Waals surface area contributed by atoms with Gasteiger partial charge in [0, 0.05) is 36.1 Å². The lowest BCUT2D eigenvalue weighted by Crippen LogP contribution is -2.63. The molecule has 0 radical (unpaired) electrons. The van der Waals surface area contributed by atoms with Crippen molar-refractivity contribution in [2.75, 3.05) is 7.11 Å². The van der Waals surface area contributed by atoms with Crippen molar-refractivity contribution in [3.05, 3.63) is 79.7 Å². The van der Waals surface area contributed by atoms with Gasteiger partial charge in [-0.1, -0.05) is 12.1 Å². The van der Waals surface area contributed by atoms with Gasteiger partial charge >= 0.3 is 5.63 Å². The number of carbonyl (C=O) groups excluding carboxylic acids is 1. The van der Waals surface area contributed by atoms with Gasteiger partial charge in [0.25, 0.3) is 5.69 Å². The number of aliphatic hydroxyl groups is 2. The molecule has 0 bridgehead atoms. The Morgan fingerprint density at radius 1 is 1.16 bits per heavy atom. The summed E-state index contributed by atoms with van der Waals surface area (Å²) in [7, 11) is 1.41. The predicted octanol–water partition coefficient (Wildman–Crippen LogP) is 2.69. The van der Waals surface area contributed by atoms with Gasteiger partial charge in [0.05, 0.1) is 16.1 Å². The summed E-state index contributed by atoms with van der Waals surface area (Å²) in [5.41, 5.74) is -1.50. The molecule has 1 fully saturated rings. The maximum atomic E-state index is 12.8. The number of aryl methyl sites for hydroxylation is 1. The molecule has 196 valence electrons. The zero-order chi connectivity index (χ0) is 27.1. The number of rotatable bonds is 7. The Bertz CT molecular complexity index is 1410. The molecule has 1 aromatic heterocycles. The van der Waals surface area contributed by atoms with Crippen molar-refractivity contribution in [3.8, 4) is 5.75 Å². The molecule has 2 heterocycles. The molecule has 0 amide bonds. The summed E-state index contributed by atoms with van der Waals surface area (Å²) in [6, 6.07) is 10.2. The van der Waals surface area contributed by atoms with E-state index in [1.807, 2.05) is 0 Å². The number of hydrogen-bond acceptors (Lipinski definition) is 10. The average molecular weight is 513 g/mol. The quantitative estimate of drug-likeness (QED) is 0.208. The van der Waals surface area contributed by atoms with Crippen LogP contribution in [0.5, 0.6) is 5.75 Å². The molecule has 11 nitrogen and oxygen atoms in total. The minimum atomic E-state index is -1.41. The Labute approximate surface area is 211 Å². The standard InChI is InChI=1S/C26H27NO10/c1-13-19(35-25-21(30)20(29)23(34-4)26(2,3)37-25)10-9-14-11-15(24(31)36-22(13)14)12-18(28)16-7-5-6-8-17(16)27(32)33/h5-11,20-21,23,25,29-30H,12H2,1-4H3/t20-,21+,23+,25+/m0/s1. The van der Waals surface area contributed by atoms with Gasteiger partial charge in [-0.2, -0.15) is 0 Å². The average Bonchev–Trinajstić information content (AvgIpc) is 2.85. The maximum Gasteiger partial charge on any atom is 0.339 e. The van der Waals surface area contributed by atoms with E-state index in [1.54, 1.807) is 32.9 Å². The number of Topliss-reactive ketones (excluding diaryl/α,β-unsaturated/α-hetero) is 1. The van der Waals surface area contributed by atoms with Gasteiger partial charge in [0.15, 0.2) is 5.78 Å². The summed E-state index contributed by atoms with van der Waals surface area (Å²) in [6.07, 6.45) is -5.06. The molecule has 1 saturated heterocycles. The topological polar surface area (TPSA) is 159 Å². The second kappa shape index (κ2) is 10.0. The second-order valence-corrected chi connectivity index (χ2v) is 9.39. The molecule has 3 aromatic rings. The minimum Gasteiger partial charge on any atom is -0.462 e. The highest BCUT2D eigenvalue weighted by Gasteiger charge is 2.50. The number of ketones is 1. The van der Waals surface area contributed by atoms with Gasteiger partial charge in [-0.15, -0.1) is 0 Å². The summed E-state index contributed by atoms with van der Waals surface area (Å²) >= 11 is 0. The highest BCUT2D eigenvalue weighted by Crippen LogP contribution is 2.35. The zero-order valence-electron chi connectivity index (χ0n) is 20.7. The number of nitro benzene ring substituents is 1. The van der Waals surface area contributed by atoms with Gasteiger partial charge in [-0.3, -0.25) is 14.9 Å². The number of carbonyl (C=O) groups is 1. The molecule has 2 N–H and O–H groups in total. The fourth-order valence-corrected chi connectivity index (χ4v) is 4.57. The first-order valence-electron chi connectivity index (χ1n) is 11.5. The van der Waals surface area contributed by atoms with E-state index >= 15 is 0 Å². The Hall–Kier alpha value is -3.64. The van der Waals surface area contributed by atoms with Gasteiger partial charge in [-0.25, -0.2) is 4.79 Å². The van der Waals surface area contributed by atoms with Gasteiger partial charge in [0.1, 0.15) is 29.6 Å². The van der Waals surface area contributed by atoms with E-state index in [2.05, 4.69) is 0 Å². The molecule has 4 rings (SSSR count). The van der Waals surface area contributed by atoms with Crippen molar-refractivity contribution in [2.24, 2.45) is 0 Å². The predicted molar refractivity (Wildman–Crippen MR) is 131 cm³/mol. The van der Waals surface area contributed by atoms with Crippen molar-refractivity contribution in [1.82, 2.24) is 0 Å². The van der Waals surface area contributed by atoms with Crippen LogP contribution in [0.25, 0.3) is 11.0 Å². The van der Waals surface area contributed by atoms with E-state index in [-0.39, 0.29) is 34.6 Å². The van der Waals surface area contributed by atoms with Crippen LogP contribution in [0.15, 0.2) is 51.7 Å². The van der Waals surface area contributed by atoms with E-state index in [1.165, 1.54) is 37.4 Å². The van der Waals surface area contributed by atoms with Crippen LogP contribution in [0, 0.1) is 17.0 Å². The van der Waals surface area contributed by atoms with Crippen molar-refractivity contribution in [3.63, 3.8) is 0 Å². The third-order valence-electron chi connectivity index (χ3n) is 6.47. The van der Waals surface area contributed by atoms with Crippen LogP contribution in [0.4, 0.5) is 5.69 Å². The lowest BCUT2D eigenvalue weighted by atomic mass is 9.89. The summed E-state index contributed by atoms with van der Waals surface area (Å²) in [5, 5.41) is 32.7. The number of hydrogen-bond donors (Lipinski definition) is 2. The number of ether oxygens (including phenoxy) is 3. The number of benzene rings is 2. The Balaban J connectivity index is 1.61. The molecular weight excluding hydrogens is 486 g/mol. The molecular formula is C26H27NO10. The van der Waals surface area contributed by atoms with E-state index in [4.69, 9.17) is 18.6 Å². The molecule has 0 saturated carbocycles. The lowest BCUT2D eigenvalue weighted by Gasteiger charge is -2.46. The zero-order valence-corrected chi connectivity index (χ0v) is 20.7. The van der Waals surface area contributed by atoms with Crippen LogP contribution in [0.1, 0.15) is 35.3 Å². The van der Waals surface area contributed by atoms with Crippen molar-refractivity contribution in [2.45, 2.75) is 57.4 Å². The van der Waals surface area contributed by atoms with E-state index in [0.29, 0.717) is 10.9 Å². The maximum absolute atomic E-state index is 12.8.